The Balaban J connectivity index is 2.24. The number of nitroso groups, excluding NO2 is 1. The smallest absolute Gasteiger partial charge is 0.215 e. The summed E-state index contributed by atoms with van der Waals surface area (Å²) in [5, 5.41) is 12.9. The summed E-state index contributed by atoms with van der Waals surface area (Å²) < 4.78 is 5.78. The standard InChI is InChI=1S/C15H13N3O2/c1-18(17-19)15(13-5-3-2-4-6-13)20-14-9-7-12(11-16)8-10-14/h2-10,15H,1H3. The number of nitriles is 1. The van der Waals surface area contributed by atoms with Crippen LogP contribution < -0.4 is 4.74 Å². The van der Waals surface area contributed by atoms with Gasteiger partial charge < -0.3 is 4.74 Å². The van der Waals surface area contributed by atoms with E-state index in [2.05, 4.69) is 5.29 Å². The van der Waals surface area contributed by atoms with Crippen molar-refractivity contribution in [2.45, 2.75) is 6.23 Å². The largest absolute Gasteiger partial charge is 0.465 e. The van der Waals surface area contributed by atoms with Gasteiger partial charge in [0.1, 0.15) is 5.75 Å². The maximum Gasteiger partial charge on any atom is 0.215 e. The summed E-state index contributed by atoms with van der Waals surface area (Å²) in [6, 6.07) is 18.1. The average molecular weight is 267 g/mol. The van der Waals surface area contributed by atoms with Gasteiger partial charge in [-0.2, -0.15) is 5.26 Å². The summed E-state index contributed by atoms with van der Waals surface area (Å²) in [6.07, 6.45) is -0.610. The second-order valence-corrected chi connectivity index (χ2v) is 4.17. The predicted octanol–water partition coefficient (Wildman–Crippen LogP) is 3.25. The highest BCUT2D eigenvalue weighted by Gasteiger charge is 2.18. The summed E-state index contributed by atoms with van der Waals surface area (Å²) in [5.74, 6) is 0.563. The molecule has 0 heterocycles. The molecule has 0 aliphatic carbocycles. The number of benzene rings is 2. The molecule has 0 radical (unpaired) electrons. The van der Waals surface area contributed by atoms with Crippen LogP contribution >= 0.6 is 0 Å². The Morgan fingerprint density at radius 2 is 1.80 bits per heavy atom. The zero-order valence-corrected chi connectivity index (χ0v) is 10.9. The van der Waals surface area contributed by atoms with Crippen molar-refractivity contribution in [3.05, 3.63) is 70.6 Å². The predicted molar refractivity (Wildman–Crippen MR) is 74.5 cm³/mol. The van der Waals surface area contributed by atoms with Crippen molar-refractivity contribution >= 4 is 0 Å². The van der Waals surface area contributed by atoms with Crippen molar-refractivity contribution in [3.8, 4) is 11.8 Å². The van der Waals surface area contributed by atoms with E-state index in [1.165, 1.54) is 5.01 Å². The van der Waals surface area contributed by atoms with Crippen LogP contribution in [0.1, 0.15) is 17.4 Å². The third-order valence-electron chi connectivity index (χ3n) is 2.78. The van der Waals surface area contributed by atoms with Gasteiger partial charge in [-0.15, -0.1) is 4.91 Å². The van der Waals surface area contributed by atoms with Crippen molar-refractivity contribution in [1.82, 2.24) is 5.01 Å². The molecule has 0 N–H and O–H groups in total. The third-order valence-corrected chi connectivity index (χ3v) is 2.78. The van der Waals surface area contributed by atoms with Gasteiger partial charge in [0, 0.05) is 12.6 Å². The minimum Gasteiger partial charge on any atom is -0.465 e. The Bertz CT molecular complexity index is 605. The maximum atomic E-state index is 10.8. The average Bonchev–Trinajstić information content (AvgIpc) is 2.53. The molecule has 0 aliphatic rings. The SMILES string of the molecule is CN(N=O)C(Oc1ccc(C#N)cc1)c1ccccc1. The summed E-state index contributed by atoms with van der Waals surface area (Å²) in [7, 11) is 1.55. The molecule has 0 fully saturated rings. The highest BCUT2D eigenvalue weighted by Crippen LogP contribution is 2.24. The number of rotatable bonds is 5. The number of ether oxygens (including phenoxy) is 1. The fourth-order valence-corrected chi connectivity index (χ4v) is 1.76. The lowest BCUT2D eigenvalue weighted by Crippen LogP contribution is -2.24. The lowest BCUT2D eigenvalue weighted by Gasteiger charge is -2.24. The Morgan fingerprint density at radius 1 is 1.15 bits per heavy atom. The summed E-state index contributed by atoms with van der Waals surface area (Å²) >= 11 is 0. The zero-order chi connectivity index (χ0) is 14.4. The number of hydrogen-bond acceptors (Lipinski definition) is 4. The summed E-state index contributed by atoms with van der Waals surface area (Å²) in [4.78, 5) is 10.8. The van der Waals surface area contributed by atoms with Crippen molar-refractivity contribution in [2.75, 3.05) is 7.05 Å². The van der Waals surface area contributed by atoms with E-state index < -0.39 is 6.23 Å². The van der Waals surface area contributed by atoms with Gasteiger partial charge in [-0.3, -0.25) is 0 Å². The lowest BCUT2D eigenvalue weighted by atomic mass is 10.2. The van der Waals surface area contributed by atoms with Gasteiger partial charge in [-0.25, -0.2) is 5.01 Å². The lowest BCUT2D eigenvalue weighted by molar-refractivity contribution is 0.0445. The molecule has 1 unspecified atom stereocenters. The number of hydrogen-bond donors (Lipinski definition) is 0. The highest BCUT2D eigenvalue weighted by atomic mass is 16.5. The van der Waals surface area contributed by atoms with Crippen LogP contribution in [0.3, 0.4) is 0 Å². The molecule has 0 aliphatic heterocycles. The van der Waals surface area contributed by atoms with Crippen LogP contribution in [-0.2, 0) is 0 Å². The van der Waals surface area contributed by atoms with Crippen LogP contribution in [0.2, 0.25) is 0 Å². The minimum absolute atomic E-state index is 0.551. The zero-order valence-electron chi connectivity index (χ0n) is 10.9. The molecule has 0 saturated heterocycles. The topological polar surface area (TPSA) is 65.7 Å². The molecule has 2 rings (SSSR count). The van der Waals surface area contributed by atoms with E-state index >= 15 is 0 Å². The van der Waals surface area contributed by atoms with E-state index in [0.29, 0.717) is 11.3 Å². The molecule has 2 aromatic rings. The molecule has 0 bridgehead atoms. The molecule has 0 amide bonds. The van der Waals surface area contributed by atoms with E-state index in [4.69, 9.17) is 10.00 Å². The second kappa shape index (κ2) is 6.34. The fourth-order valence-electron chi connectivity index (χ4n) is 1.76. The molecule has 0 saturated carbocycles. The molecule has 0 aromatic heterocycles. The van der Waals surface area contributed by atoms with Gasteiger partial charge in [-0.1, -0.05) is 30.3 Å². The summed E-state index contributed by atoms with van der Waals surface area (Å²) in [6.45, 7) is 0. The van der Waals surface area contributed by atoms with Crippen molar-refractivity contribution in [2.24, 2.45) is 5.29 Å². The first-order valence-corrected chi connectivity index (χ1v) is 6.02. The molecule has 20 heavy (non-hydrogen) atoms. The quantitative estimate of drug-likeness (QED) is 0.474. The van der Waals surface area contributed by atoms with Gasteiger partial charge in [0.25, 0.3) is 0 Å². The van der Waals surface area contributed by atoms with Crippen LogP contribution in [0, 0.1) is 16.2 Å². The van der Waals surface area contributed by atoms with E-state index in [1.807, 2.05) is 36.4 Å². The van der Waals surface area contributed by atoms with Crippen molar-refractivity contribution in [1.29, 1.82) is 5.26 Å². The minimum atomic E-state index is -0.610. The van der Waals surface area contributed by atoms with Gasteiger partial charge in [-0.05, 0) is 24.3 Å². The van der Waals surface area contributed by atoms with Gasteiger partial charge >= 0.3 is 0 Å². The second-order valence-electron chi connectivity index (χ2n) is 4.17. The molecule has 1 atom stereocenters. The molecule has 5 heteroatoms. The van der Waals surface area contributed by atoms with E-state index in [1.54, 1.807) is 31.3 Å². The van der Waals surface area contributed by atoms with Gasteiger partial charge in [0.05, 0.1) is 16.9 Å². The van der Waals surface area contributed by atoms with Crippen LogP contribution in [0.25, 0.3) is 0 Å². The Kier molecular flexibility index (Phi) is 4.30. The molecule has 5 nitrogen and oxygen atoms in total. The first-order valence-electron chi connectivity index (χ1n) is 6.02. The van der Waals surface area contributed by atoms with Crippen LogP contribution in [-0.4, -0.2) is 12.1 Å². The monoisotopic (exact) mass is 267 g/mol. The molecule has 2 aromatic carbocycles. The molecular weight excluding hydrogens is 254 g/mol. The van der Waals surface area contributed by atoms with E-state index in [-0.39, 0.29) is 0 Å². The molecule has 0 spiro atoms. The number of nitrogens with zero attached hydrogens (tertiary/aromatic N) is 3. The highest BCUT2D eigenvalue weighted by molar-refractivity contribution is 5.35. The fraction of sp³-hybridized carbons (Fsp3) is 0.133. The Morgan fingerprint density at radius 3 is 2.35 bits per heavy atom. The van der Waals surface area contributed by atoms with Crippen molar-refractivity contribution < 1.29 is 4.74 Å². The van der Waals surface area contributed by atoms with Gasteiger partial charge in [0.15, 0.2) is 0 Å². The van der Waals surface area contributed by atoms with Crippen LogP contribution in [0.15, 0.2) is 59.9 Å². The van der Waals surface area contributed by atoms with Gasteiger partial charge in [0.2, 0.25) is 6.23 Å². The van der Waals surface area contributed by atoms with Crippen LogP contribution in [0.4, 0.5) is 0 Å². The van der Waals surface area contributed by atoms with Crippen LogP contribution in [0.5, 0.6) is 5.75 Å². The first-order chi connectivity index (χ1) is 9.74. The van der Waals surface area contributed by atoms with E-state index in [9.17, 15) is 4.91 Å². The summed E-state index contributed by atoms with van der Waals surface area (Å²) in [5.41, 5.74) is 1.37. The van der Waals surface area contributed by atoms with E-state index in [0.717, 1.165) is 5.56 Å². The van der Waals surface area contributed by atoms with Crippen molar-refractivity contribution in [3.63, 3.8) is 0 Å². The third kappa shape index (κ3) is 3.12. The first kappa shape index (κ1) is 13.6. The Labute approximate surface area is 117 Å². The normalized spacial score (nSPS) is 11.2. The molecule has 100 valence electrons. The Hall–Kier alpha value is -2.87. The molecular formula is C15H13N3O2. The maximum absolute atomic E-state index is 10.8.